The summed E-state index contributed by atoms with van der Waals surface area (Å²) in [4.78, 5) is 45.3. The first-order valence-corrected chi connectivity index (χ1v) is 12.5. The van der Waals surface area contributed by atoms with Gasteiger partial charge in [-0.05, 0) is 55.5 Å². The van der Waals surface area contributed by atoms with Gasteiger partial charge in [0.25, 0.3) is 0 Å². The Labute approximate surface area is 225 Å². The van der Waals surface area contributed by atoms with Crippen molar-refractivity contribution in [3.8, 4) is 0 Å². The summed E-state index contributed by atoms with van der Waals surface area (Å²) in [6.45, 7) is 2.31. The van der Waals surface area contributed by atoms with Crippen LogP contribution in [0, 0.1) is 5.41 Å². The number of nitrogens with zero attached hydrogens (tertiary/aromatic N) is 3. The van der Waals surface area contributed by atoms with Crippen LogP contribution < -0.4 is 11.1 Å². The van der Waals surface area contributed by atoms with Gasteiger partial charge in [-0.1, -0.05) is 19.1 Å². The fourth-order valence-corrected chi connectivity index (χ4v) is 4.90. The Kier molecular flexibility index (Phi) is 7.50. The van der Waals surface area contributed by atoms with Gasteiger partial charge in [-0.3, -0.25) is 14.4 Å². The zero-order valence-corrected chi connectivity index (χ0v) is 21.6. The van der Waals surface area contributed by atoms with E-state index in [9.17, 15) is 40.7 Å². The Morgan fingerprint density at radius 1 is 1.07 bits per heavy atom. The molecule has 2 aliphatic rings. The van der Waals surface area contributed by atoms with Gasteiger partial charge in [0.15, 0.2) is 0 Å². The highest BCUT2D eigenvalue weighted by molar-refractivity contribution is 6.39. The number of nitrogens with one attached hydrogen (secondary N) is 1. The topological polar surface area (TPSA) is 109 Å². The number of alkyl halides is 6. The molecule has 2 aromatic rings. The summed E-state index contributed by atoms with van der Waals surface area (Å²) in [5.74, 6) is -3.22. The van der Waals surface area contributed by atoms with Crippen LogP contribution in [-0.4, -0.2) is 57.8 Å². The molecule has 40 heavy (non-hydrogen) atoms. The molecule has 1 aromatic carbocycles. The number of halogens is 6. The van der Waals surface area contributed by atoms with Crippen molar-refractivity contribution >= 4 is 29.2 Å². The third kappa shape index (κ3) is 5.43. The van der Waals surface area contributed by atoms with E-state index in [1.807, 2.05) is 0 Å². The Hall–Kier alpha value is -3.84. The molecule has 0 bridgehead atoms. The van der Waals surface area contributed by atoms with Crippen LogP contribution in [0.2, 0.25) is 0 Å². The van der Waals surface area contributed by atoms with Crippen molar-refractivity contribution < 1.29 is 40.7 Å². The van der Waals surface area contributed by atoms with Crippen LogP contribution in [-0.2, 0) is 27.0 Å². The zero-order valence-electron chi connectivity index (χ0n) is 21.6. The monoisotopic (exact) mass is 571 g/mol. The molecule has 1 aliphatic carbocycles. The van der Waals surface area contributed by atoms with E-state index in [-0.39, 0.29) is 23.6 Å². The fourth-order valence-electron chi connectivity index (χ4n) is 4.90. The SMILES string of the molecule is CCc1cc(NC(=O)C(=O)N2C[C@@H](C)N(C(=O)C3(C(F)(F)F)CC3)C[C@@H]2c2cccc(C(F)(F)F)c2)cnc1N. The molecule has 2 atom stereocenters. The summed E-state index contributed by atoms with van der Waals surface area (Å²) in [6, 6.07) is 3.18. The second-order valence-electron chi connectivity index (χ2n) is 10.1. The van der Waals surface area contributed by atoms with E-state index in [1.54, 1.807) is 6.92 Å². The summed E-state index contributed by atoms with van der Waals surface area (Å²) in [5.41, 5.74) is 2.84. The van der Waals surface area contributed by atoms with Crippen LogP contribution in [0.1, 0.15) is 49.4 Å². The number of hydrogen-bond donors (Lipinski definition) is 2. The van der Waals surface area contributed by atoms with Crippen molar-refractivity contribution in [2.75, 3.05) is 24.1 Å². The van der Waals surface area contributed by atoms with E-state index in [4.69, 9.17) is 5.73 Å². The van der Waals surface area contributed by atoms with Crippen LogP contribution in [0.5, 0.6) is 0 Å². The molecule has 14 heteroatoms. The van der Waals surface area contributed by atoms with E-state index in [0.717, 1.165) is 28.0 Å². The zero-order chi connectivity index (χ0) is 29.6. The van der Waals surface area contributed by atoms with Gasteiger partial charge < -0.3 is 20.9 Å². The summed E-state index contributed by atoms with van der Waals surface area (Å²) < 4.78 is 81.6. The predicted octanol–water partition coefficient (Wildman–Crippen LogP) is 4.33. The molecular formula is C26H27F6N5O3. The highest BCUT2D eigenvalue weighted by Crippen LogP contribution is 2.59. The summed E-state index contributed by atoms with van der Waals surface area (Å²) >= 11 is 0. The number of amides is 3. The van der Waals surface area contributed by atoms with E-state index in [2.05, 4.69) is 10.3 Å². The second-order valence-corrected chi connectivity index (χ2v) is 10.1. The number of aromatic nitrogens is 1. The molecular weight excluding hydrogens is 544 g/mol. The van der Waals surface area contributed by atoms with Gasteiger partial charge in [0.05, 0.1) is 23.5 Å². The number of benzene rings is 1. The number of carbonyl (C=O) groups is 3. The first-order valence-electron chi connectivity index (χ1n) is 12.5. The van der Waals surface area contributed by atoms with Crippen molar-refractivity contribution in [1.82, 2.24) is 14.8 Å². The molecule has 216 valence electrons. The molecule has 1 saturated heterocycles. The number of aryl methyl sites for hydroxylation is 1. The Balaban J connectivity index is 1.67. The lowest BCUT2D eigenvalue weighted by Crippen LogP contribution is -2.60. The third-order valence-electron chi connectivity index (χ3n) is 7.40. The number of rotatable bonds is 4. The normalized spacial score (nSPS) is 20.7. The van der Waals surface area contributed by atoms with Gasteiger partial charge >= 0.3 is 24.2 Å². The molecule has 8 nitrogen and oxygen atoms in total. The lowest BCUT2D eigenvalue weighted by Gasteiger charge is -2.46. The Morgan fingerprint density at radius 3 is 2.33 bits per heavy atom. The molecule has 1 aromatic heterocycles. The van der Waals surface area contributed by atoms with Crippen molar-refractivity contribution in [2.45, 2.75) is 57.5 Å². The smallest absolute Gasteiger partial charge is 0.383 e. The second kappa shape index (κ2) is 10.3. The van der Waals surface area contributed by atoms with Gasteiger partial charge in [0.2, 0.25) is 5.91 Å². The van der Waals surface area contributed by atoms with Gasteiger partial charge in [-0.2, -0.15) is 26.3 Å². The van der Waals surface area contributed by atoms with E-state index in [0.29, 0.717) is 12.0 Å². The average Bonchev–Trinajstić information content (AvgIpc) is 3.71. The van der Waals surface area contributed by atoms with E-state index < -0.39 is 72.5 Å². The first kappa shape index (κ1) is 29.2. The minimum atomic E-state index is -4.80. The maximum absolute atomic E-state index is 13.7. The third-order valence-corrected chi connectivity index (χ3v) is 7.40. The highest BCUT2D eigenvalue weighted by atomic mass is 19.4. The lowest BCUT2D eigenvalue weighted by molar-refractivity contribution is -0.201. The minimum absolute atomic E-state index is 0.0834. The maximum atomic E-state index is 13.7. The largest absolute Gasteiger partial charge is 0.416 e. The molecule has 0 unspecified atom stereocenters. The lowest BCUT2D eigenvalue weighted by atomic mass is 9.95. The average molecular weight is 572 g/mol. The molecule has 1 aliphatic heterocycles. The van der Waals surface area contributed by atoms with Crippen molar-refractivity contribution in [2.24, 2.45) is 5.41 Å². The first-order chi connectivity index (χ1) is 18.6. The number of piperazine rings is 1. The standard InChI is InChI=1S/C26H27F6N5O3/c1-3-15-10-18(11-34-20(15)33)35-21(38)22(39)37-12-14(2)36(23(40)24(7-8-24)26(30,31)32)13-19(37)16-5-4-6-17(9-16)25(27,28)29/h4-6,9-11,14,19H,3,7-8,12-13H2,1-2H3,(H2,33,34)(H,35,38)/t14-,19-/m1/s1. The molecule has 3 N–H and O–H groups in total. The van der Waals surface area contributed by atoms with Gasteiger partial charge in [-0.15, -0.1) is 0 Å². The minimum Gasteiger partial charge on any atom is -0.383 e. The van der Waals surface area contributed by atoms with Crippen LogP contribution in [0.3, 0.4) is 0 Å². The van der Waals surface area contributed by atoms with Crippen LogP contribution in [0.25, 0.3) is 0 Å². The quantitative estimate of drug-likeness (QED) is 0.420. The molecule has 3 amide bonds. The van der Waals surface area contributed by atoms with Crippen LogP contribution >= 0.6 is 0 Å². The number of pyridine rings is 1. The molecule has 1 saturated carbocycles. The number of hydrogen-bond acceptors (Lipinski definition) is 5. The highest BCUT2D eigenvalue weighted by Gasteiger charge is 2.70. The molecule has 0 radical (unpaired) electrons. The van der Waals surface area contributed by atoms with Gasteiger partial charge in [0, 0.05) is 19.1 Å². The number of carbonyl (C=O) groups excluding carboxylic acids is 3. The summed E-state index contributed by atoms with van der Waals surface area (Å²) in [5, 5.41) is 2.39. The molecule has 2 fully saturated rings. The van der Waals surface area contributed by atoms with Gasteiger partial charge in [-0.25, -0.2) is 4.98 Å². The number of anilines is 2. The maximum Gasteiger partial charge on any atom is 0.416 e. The van der Waals surface area contributed by atoms with Crippen LogP contribution in [0.15, 0.2) is 36.5 Å². The summed E-state index contributed by atoms with van der Waals surface area (Å²) in [7, 11) is 0. The van der Waals surface area contributed by atoms with Crippen molar-refractivity contribution in [1.29, 1.82) is 0 Å². The molecule has 0 spiro atoms. The summed E-state index contributed by atoms with van der Waals surface area (Å²) in [6.07, 6.45) is -8.61. The van der Waals surface area contributed by atoms with Crippen molar-refractivity contribution in [3.63, 3.8) is 0 Å². The predicted molar refractivity (Wildman–Crippen MR) is 131 cm³/mol. The van der Waals surface area contributed by atoms with Crippen molar-refractivity contribution in [3.05, 3.63) is 53.2 Å². The Morgan fingerprint density at radius 2 is 1.75 bits per heavy atom. The fraction of sp³-hybridized carbons (Fsp3) is 0.462. The van der Waals surface area contributed by atoms with Crippen LogP contribution in [0.4, 0.5) is 37.8 Å². The van der Waals surface area contributed by atoms with Gasteiger partial charge in [0.1, 0.15) is 11.2 Å². The Bertz CT molecular complexity index is 1320. The van der Waals surface area contributed by atoms with E-state index >= 15 is 0 Å². The molecule has 4 rings (SSSR count). The number of nitrogen functional groups attached to an aromatic ring is 1. The number of nitrogens with two attached hydrogens (primary N) is 1. The van der Waals surface area contributed by atoms with E-state index in [1.165, 1.54) is 25.3 Å². The molecule has 2 heterocycles.